The third-order valence-corrected chi connectivity index (χ3v) is 3.82. The molecule has 0 unspecified atom stereocenters. The fourth-order valence-electron chi connectivity index (χ4n) is 2.25. The van der Waals surface area contributed by atoms with Crippen molar-refractivity contribution in [3.8, 4) is 0 Å². The van der Waals surface area contributed by atoms with Crippen molar-refractivity contribution < 1.29 is 9.72 Å². The Morgan fingerprint density at radius 2 is 1.80 bits per heavy atom. The molecular formula is C19H21N3O3. The van der Waals surface area contributed by atoms with Crippen molar-refractivity contribution in [2.45, 2.75) is 33.1 Å². The van der Waals surface area contributed by atoms with E-state index in [0.29, 0.717) is 5.56 Å². The molecule has 0 spiro atoms. The Balaban J connectivity index is 2.06. The van der Waals surface area contributed by atoms with Gasteiger partial charge in [-0.25, -0.2) is 5.43 Å². The van der Waals surface area contributed by atoms with Crippen molar-refractivity contribution in [1.29, 1.82) is 0 Å². The molecule has 0 saturated carbocycles. The summed E-state index contributed by atoms with van der Waals surface area (Å²) < 4.78 is 0. The second-order valence-electron chi connectivity index (χ2n) is 6.83. The molecule has 2 aromatic carbocycles. The Labute approximate surface area is 146 Å². The first-order valence-electron chi connectivity index (χ1n) is 7.87. The summed E-state index contributed by atoms with van der Waals surface area (Å²) in [5, 5.41) is 14.9. The van der Waals surface area contributed by atoms with E-state index in [4.69, 9.17) is 0 Å². The van der Waals surface area contributed by atoms with E-state index in [1.165, 1.54) is 23.9 Å². The largest absolute Gasteiger partial charge is 0.273 e. The number of nitrogens with one attached hydrogen (secondary N) is 1. The molecule has 0 atom stereocenters. The van der Waals surface area contributed by atoms with Crippen LogP contribution in [0.15, 0.2) is 47.6 Å². The topological polar surface area (TPSA) is 84.6 Å². The van der Waals surface area contributed by atoms with Gasteiger partial charge in [-0.05, 0) is 29.5 Å². The first kappa shape index (κ1) is 18.3. The number of hydrogen-bond donors (Lipinski definition) is 1. The number of nitrogens with zero attached hydrogens (tertiary/aromatic N) is 2. The number of hydrogen-bond acceptors (Lipinski definition) is 4. The molecule has 0 saturated heterocycles. The van der Waals surface area contributed by atoms with Gasteiger partial charge in [0, 0.05) is 17.2 Å². The van der Waals surface area contributed by atoms with Crippen LogP contribution in [-0.4, -0.2) is 17.0 Å². The number of aryl methyl sites for hydroxylation is 1. The van der Waals surface area contributed by atoms with Gasteiger partial charge in [-0.15, -0.1) is 0 Å². The maximum atomic E-state index is 12.1. The summed E-state index contributed by atoms with van der Waals surface area (Å²) in [5.41, 5.74) is 5.13. The lowest BCUT2D eigenvalue weighted by atomic mass is 9.87. The van der Waals surface area contributed by atoms with Gasteiger partial charge in [0.05, 0.1) is 11.1 Å². The molecule has 1 N–H and O–H groups in total. The number of amides is 1. The number of hydrazone groups is 1. The van der Waals surface area contributed by atoms with E-state index in [2.05, 4.69) is 31.3 Å². The Morgan fingerprint density at radius 1 is 1.16 bits per heavy atom. The summed E-state index contributed by atoms with van der Waals surface area (Å²) in [6.45, 7) is 8.03. The van der Waals surface area contributed by atoms with Crippen LogP contribution in [-0.2, 0) is 5.41 Å². The fraction of sp³-hybridized carbons (Fsp3) is 0.263. The first-order valence-corrected chi connectivity index (χ1v) is 7.87. The standard InChI is InChI=1S/C19H21N3O3/c1-13-5-8-15(11-17(13)22(24)25)18(23)21-20-12-14-6-9-16(10-7-14)19(2,3)4/h5-12H,1-4H3,(H,21,23)/b20-12+. The van der Waals surface area contributed by atoms with Crippen molar-refractivity contribution in [3.05, 3.63) is 74.8 Å². The van der Waals surface area contributed by atoms with Gasteiger partial charge in [0.2, 0.25) is 0 Å². The zero-order valence-corrected chi connectivity index (χ0v) is 14.7. The maximum absolute atomic E-state index is 12.1. The van der Waals surface area contributed by atoms with Gasteiger partial charge >= 0.3 is 0 Å². The average Bonchev–Trinajstić information content (AvgIpc) is 2.54. The summed E-state index contributed by atoms with van der Waals surface area (Å²) in [5.74, 6) is -0.495. The third-order valence-electron chi connectivity index (χ3n) is 3.82. The van der Waals surface area contributed by atoms with Crippen molar-refractivity contribution in [1.82, 2.24) is 5.43 Å². The van der Waals surface area contributed by atoms with Crippen molar-refractivity contribution in [3.63, 3.8) is 0 Å². The molecule has 0 aliphatic carbocycles. The van der Waals surface area contributed by atoms with Gasteiger partial charge in [-0.3, -0.25) is 14.9 Å². The number of carbonyl (C=O) groups is 1. The zero-order chi connectivity index (χ0) is 18.6. The Kier molecular flexibility index (Phi) is 5.32. The van der Waals surface area contributed by atoms with Gasteiger partial charge < -0.3 is 0 Å². The quantitative estimate of drug-likeness (QED) is 0.520. The zero-order valence-electron chi connectivity index (χ0n) is 14.7. The van der Waals surface area contributed by atoms with Crippen molar-refractivity contribution in [2.75, 3.05) is 0 Å². The summed E-state index contributed by atoms with van der Waals surface area (Å²) in [7, 11) is 0. The molecule has 1 amide bonds. The highest BCUT2D eigenvalue weighted by Crippen LogP contribution is 2.22. The molecule has 0 bridgehead atoms. The van der Waals surface area contributed by atoms with Crippen LogP contribution in [0.4, 0.5) is 5.69 Å². The molecule has 0 aliphatic rings. The molecule has 0 aliphatic heterocycles. The number of rotatable bonds is 4. The molecule has 0 radical (unpaired) electrons. The van der Waals surface area contributed by atoms with Crippen LogP contribution >= 0.6 is 0 Å². The molecule has 0 heterocycles. The predicted molar refractivity (Wildman–Crippen MR) is 98.0 cm³/mol. The van der Waals surface area contributed by atoms with Crippen LogP contribution < -0.4 is 5.43 Å². The number of nitro benzene ring substituents is 1. The predicted octanol–water partition coefficient (Wildman–Crippen LogP) is 3.96. The number of benzene rings is 2. The highest BCUT2D eigenvalue weighted by atomic mass is 16.6. The molecule has 0 fully saturated rings. The van der Waals surface area contributed by atoms with E-state index in [-0.39, 0.29) is 16.7 Å². The maximum Gasteiger partial charge on any atom is 0.273 e. The van der Waals surface area contributed by atoms with Crippen LogP contribution in [0.2, 0.25) is 0 Å². The summed E-state index contributed by atoms with van der Waals surface area (Å²) in [6.07, 6.45) is 1.53. The summed E-state index contributed by atoms with van der Waals surface area (Å²) in [6, 6.07) is 12.2. The average molecular weight is 339 g/mol. The SMILES string of the molecule is Cc1ccc(C(=O)N/N=C/c2ccc(C(C)(C)C)cc2)cc1[N+](=O)[O-]. The van der Waals surface area contributed by atoms with Crippen molar-refractivity contribution in [2.24, 2.45) is 5.10 Å². The highest BCUT2D eigenvalue weighted by molar-refractivity contribution is 5.95. The van der Waals surface area contributed by atoms with Crippen molar-refractivity contribution >= 4 is 17.8 Å². The monoisotopic (exact) mass is 339 g/mol. The van der Waals surface area contributed by atoms with Gasteiger partial charge in [-0.2, -0.15) is 5.10 Å². The van der Waals surface area contributed by atoms with Gasteiger partial charge in [0.1, 0.15) is 0 Å². The highest BCUT2D eigenvalue weighted by Gasteiger charge is 2.15. The van der Waals surface area contributed by atoms with Gasteiger partial charge in [0.15, 0.2) is 0 Å². The normalized spacial score (nSPS) is 11.5. The number of nitro groups is 1. The summed E-state index contributed by atoms with van der Waals surface area (Å²) >= 11 is 0. The molecule has 25 heavy (non-hydrogen) atoms. The van der Waals surface area contributed by atoms with Crippen LogP contribution in [0.3, 0.4) is 0 Å². The fourth-order valence-corrected chi connectivity index (χ4v) is 2.25. The first-order chi connectivity index (χ1) is 11.7. The molecule has 6 nitrogen and oxygen atoms in total. The van der Waals surface area contributed by atoms with E-state index in [1.807, 2.05) is 24.3 Å². The molecular weight excluding hydrogens is 318 g/mol. The minimum absolute atomic E-state index is 0.0735. The van der Waals surface area contributed by atoms with E-state index in [1.54, 1.807) is 13.0 Å². The Morgan fingerprint density at radius 3 is 2.36 bits per heavy atom. The van der Waals surface area contributed by atoms with Crippen LogP contribution in [0.25, 0.3) is 0 Å². The minimum atomic E-state index is -0.508. The molecule has 2 rings (SSSR count). The van der Waals surface area contributed by atoms with Gasteiger partial charge in [-0.1, -0.05) is 51.1 Å². The van der Waals surface area contributed by atoms with E-state index >= 15 is 0 Å². The van der Waals surface area contributed by atoms with Crippen LogP contribution in [0.1, 0.15) is 47.8 Å². The van der Waals surface area contributed by atoms with Crippen LogP contribution in [0, 0.1) is 17.0 Å². The molecule has 130 valence electrons. The lowest BCUT2D eigenvalue weighted by molar-refractivity contribution is -0.385. The Bertz CT molecular complexity index is 819. The summed E-state index contributed by atoms with van der Waals surface area (Å²) in [4.78, 5) is 22.5. The van der Waals surface area contributed by atoms with Gasteiger partial charge in [0.25, 0.3) is 11.6 Å². The second kappa shape index (κ2) is 7.25. The second-order valence-corrected chi connectivity index (χ2v) is 6.83. The van der Waals surface area contributed by atoms with E-state index in [0.717, 1.165) is 5.56 Å². The smallest absolute Gasteiger partial charge is 0.267 e. The minimum Gasteiger partial charge on any atom is -0.267 e. The molecule has 6 heteroatoms. The lowest BCUT2D eigenvalue weighted by Crippen LogP contribution is -2.18. The van der Waals surface area contributed by atoms with E-state index in [9.17, 15) is 14.9 Å². The molecule has 0 aromatic heterocycles. The number of carbonyl (C=O) groups excluding carboxylic acids is 1. The Hall–Kier alpha value is -3.02. The molecule has 2 aromatic rings. The third kappa shape index (κ3) is 4.73. The lowest BCUT2D eigenvalue weighted by Gasteiger charge is -2.18. The van der Waals surface area contributed by atoms with Crippen LogP contribution in [0.5, 0.6) is 0 Å². The van der Waals surface area contributed by atoms with E-state index < -0.39 is 10.8 Å².